The Labute approximate surface area is 181 Å². The summed E-state index contributed by atoms with van der Waals surface area (Å²) in [5.74, 6) is -2.18. The molecule has 0 bridgehead atoms. The molecule has 30 heavy (non-hydrogen) atoms. The summed E-state index contributed by atoms with van der Waals surface area (Å²) in [5, 5.41) is 23.5. The third-order valence-electron chi connectivity index (χ3n) is 6.29. The zero-order chi connectivity index (χ0) is 21.1. The molecule has 152 valence electrons. The highest BCUT2D eigenvalue weighted by molar-refractivity contribution is 9.10. The molecule has 1 aliphatic heterocycles. The molecule has 2 heterocycles. The van der Waals surface area contributed by atoms with E-state index in [-0.39, 0.29) is 5.69 Å². The predicted octanol–water partition coefficient (Wildman–Crippen LogP) is 2.58. The van der Waals surface area contributed by atoms with Crippen molar-refractivity contribution in [3.63, 3.8) is 0 Å². The van der Waals surface area contributed by atoms with E-state index in [4.69, 9.17) is 10.5 Å². The minimum atomic E-state index is -1.97. The first-order valence-electron chi connectivity index (χ1n) is 9.56. The van der Waals surface area contributed by atoms with E-state index >= 15 is 0 Å². The number of pyridine rings is 1. The van der Waals surface area contributed by atoms with Gasteiger partial charge in [0.15, 0.2) is 11.2 Å². The maximum Gasteiger partial charge on any atom is 0.224 e. The standard InChI is InChI=1S/C23H19BrN2O4/c24-15-10-8-14(9-11-15)23-18(13-5-2-1-3-6-13)17(21(25)28)20(27)22(23,29)19-16(30-23)7-4-12-26-19/h1-12,17-18,20,27,29H,(H2,25,28)/t17-,18-,20-,22+,23+/m1/s1. The minimum absolute atomic E-state index is 0.199. The number of nitrogens with zero attached hydrogens (tertiary/aromatic N) is 1. The number of aromatic nitrogens is 1. The Hall–Kier alpha value is -2.74. The molecule has 5 atom stereocenters. The number of benzene rings is 2. The number of primary amides is 1. The van der Waals surface area contributed by atoms with Crippen LogP contribution in [0.1, 0.15) is 22.7 Å². The van der Waals surface area contributed by atoms with Gasteiger partial charge in [-0.15, -0.1) is 0 Å². The Morgan fingerprint density at radius 1 is 1.07 bits per heavy atom. The molecule has 5 rings (SSSR count). The highest BCUT2D eigenvalue weighted by atomic mass is 79.9. The lowest BCUT2D eigenvalue weighted by Crippen LogP contribution is -2.52. The number of rotatable bonds is 3. The van der Waals surface area contributed by atoms with Crippen molar-refractivity contribution in [1.29, 1.82) is 0 Å². The van der Waals surface area contributed by atoms with Crippen LogP contribution in [0.3, 0.4) is 0 Å². The van der Waals surface area contributed by atoms with E-state index < -0.39 is 35.0 Å². The largest absolute Gasteiger partial charge is 0.476 e. The summed E-state index contributed by atoms with van der Waals surface area (Å²) in [6.45, 7) is 0. The molecule has 1 aromatic heterocycles. The van der Waals surface area contributed by atoms with Gasteiger partial charge < -0.3 is 20.7 Å². The lowest BCUT2D eigenvalue weighted by molar-refractivity contribution is -0.155. The van der Waals surface area contributed by atoms with Gasteiger partial charge in [-0.05, 0) is 35.4 Å². The second-order valence-corrected chi connectivity index (χ2v) is 8.64. The molecule has 7 heteroatoms. The number of aliphatic hydroxyl groups excluding tert-OH is 1. The Morgan fingerprint density at radius 2 is 1.77 bits per heavy atom. The number of amides is 1. The van der Waals surface area contributed by atoms with Crippen molar-refractivity contribution in [1.82, 2.24) is 4.98 Å². The second kappa shape index (κ2) is 6.63. The van der Waals surface area contributed by atoms with Crippen LogP contribution in [-0.2, 0) is 16.0 Å². The van der Waals surface area contributed by atoms with Crippen molar-refractivity contribution in [2.45, 2.75) is 23.2 Å². The Bertz CT molecular complexity index is 1120. The maximum absolute atomic E-state index is 12.6. The lowest BCUT2D eigenvalue weighted by Gasteiger charge is -2.40. The van der Waals surface area contributed by atoms with Crippen LogP contribution in [-0.4, -0.2) is 27.2 Å². The van der Waals surface area contributed by atoms with Crippen molar-refractivity contribution in [3.8, 4) is 5.75 Å². The van der Waals surface area contributed by atoms with Crippen molar-refractivity contribution < 1.29 is 19.7 Å². The van der Waals surface area contributed by atoms with Gasteiger partial charge in [0.2, 0.25) is 5.91 Å². The van der Waals surface area contributed by atoms with E-state index in [0.717, 1.165) is 10.0 Å². The van der Waals surface area contributed by atoms with Gasteiger partial charge in [0.25, 0.3) is 0 Å². The smallest absolute Gasteiger partial charge is 0.224 e. The summed E-state index contributed by atoms with van der Waals surface area (Å²) >= 11 is 3.43. The van der Waals surface area contributed by atoms with E-state index in [1.807, 2.05) is 54.6 Å². The molecule has 2 aromatic carbocycles. The van der Waals surface area contributed by atoms with Crippen LogP contribution in [0.4, 0.5) is 0 Å². The summed E-state index contributed by atoms with van der Waals surface area (Å²) in [4.78, 5) is 16.9. The molecule has 1 amide bonds. The summed E-state index contributed by atoms with van der Waals surface area (Å²) in [7, 11) is 0. The monoisotopic (exact) mass is 466 g/mol. The van der Waals surface area contributed by atoms with E-state index in [1.54, 1.807) is 12.1 Å². The third kappa shape index (κ3) is 2.31. The number of carbonyl (C=O) groups excluding carboxylic acids is 1. The number of carbonyl (C=O) groups is 1. The predicted molar refractivity (Wildman–Crippen MR) is 112 cm³/mol. The van der Waals surface area contributed by atoms with Crippen LogP contribution in [0.2, 0.25) is 0 Å². The number of hydrogen-bond donors (Lipinski definition) is 3. The molecule has 1 fully saturated rings. The van der Waals surface area contributed by atoms with Crippen molar-refractivity contribution in [2.24, 2.45) is 11.7 Å². The van der Waals surface area contributed by atoms with E-state index in [0.29, 0.717) is 11.3 Å². The van der Waals surface area contributed by atoms with Crippen LogP contribution in [0.15, 0.2) is 77.4 Å². The normalized spacial score (nSPS) is 31.6. The highest BCUT2D eigenvalue weighted by Gasteiger charge is 2.77. The molecular formula is C23H19BrN2O4. The Morgan fingerprint density at radius 3 is 2.43 bits per heavy atom. The second-order valence-electron chi connectivity index (χ2n) is 7.72. The Balaban J connectivity index is 1.87. The average Bonchev–Trinajstić information content (AvgIpc) is 3.13. The molecule has 1 aliphatic carbocycles. The number of hydrogen-bond acceptors (Lipinski definition) is 5. The number of nitrogens with two attached hydrogens (primary N) is 1. The van der Waals surface area contributed by atoms with Crippen LogP contribution >= 0.6 is 15.9 Å². The molecule has 0 radical (unpaired) electrons. The summed E-state index contributed by atoms with van der Waals surface area (Å²) < 4.78 is 7.32. The van der Waals surface area contributed by atoms with E-state index in [9.17, 15) is 15.0 Å². The number of halogens is 1. The number of aliphatic hydroxyl groups is 2. The zero-order valence-electron chi connectivity index (χ0n) is 15.8. The molecule has 0 saturated heterocycles. The summed E-state index contributed by atoms with van der Waals surface area (Å²) in [6, 6.07) is 19.9. The van der Waals surface area contributed by atoms with Crippen molar-refractivity contribution >= 4 is 21.8 Å². The number of ether oxygens (including phenoxy) is 1. The first-order chi connectivity index (χ1) is 14.4. The molecule has 0 unspecified atom stereocenters. The van der Waals surface area contributed by atoms with Crippen LogP contribution in [0.5, 0.6) is 5.75 Å². The summed E-state index contributed by atoms with van der Waals surface area (Å²) in [5.41, 5.74) is 3.84. The molecule has 3 aromatic rings. The fourth-order valence-corrected chi connectivity index (χ4v) is 5.38. The van der Waals surface area contributed by atoms with Gasteiger partial charge in [0.1, 0.15) is 17.5 Å². The van der Waals surface area contributed by atoms with E-state index in [2.05, 4.69) is 20.9 Å². The molecule has 6 nitrogen and oxygen atoms in total. The van der Waals surface area contributed by atoms with Gasteiger partial charge >= 0.3 is 0 Å². The van der Waals surface area contributed by atoms with Gasteiger partial charge in [-0.3, -0.25) is 9.78 Å². The molecule has 2 aliphatic rings. The lowest BCUT2D eigenvalue weighted by atomic mass is 9.71. The van der Waals surface area contributed by atoms with Crippen molar-refractivity contribution in [2.75, 3.05) is 0 Å². The Kier molecular flexibility index (Phi) is 4.25. The zero-order valence-corrected chi connectivity index (χ0v) is 17.4. The first-order valence-corrected chi connectivity index (χ1v) is 10.4. The summed E-state index contributed by atoms with van der Waals surface area (Å²) in [6.07, 6.45) is 0.0136. The van der Waals surface area contributed by atoms with Crippen molar-refractivity contribution in [3.05, 3.63) is 94.2 Å². The fourth-order valence-electron chi connectivity index (χ4n) is 5.12. The van der Waals surface area contributed by atoms with Gasteiger partial charge in [0, 0.05) is 16.6 Å². The third-order valence-corrected chi connectivity index (χ3v) is 6.82. The topological polar surface area (TPSA) is 106 Å². The van der Waals surface area contributed by atoms with E-state index in [1.165, 1.54) is 6.20 Å². The molecule has 0 spiro atoms. The fraction of sp³-hybridized carbons (Fsp3) is 0.217. The number of fused-ring (bicyclic) bond motifs is 3. The first kappa shape index (κ1) is 19.2. The quantitative estimate of drug-likeness (QED) is 0.549. The van der Waals surface area contributed by atoms with Gasteiger partial charge in [-0.1, -0.05) is 58.4 Å². The highest BCUT2D eigenvalue weighted by Crippen LogP contribution is 2.67. The maximum atomic E-state index is 12.6. The average molecular weight is 467 g/mol. The van der Waals surface area contributed by atoms with Crippen LogP contribution in [0.25, 0.3) is 0 Å². The molecule has 4 N–H and O–H groups in total. The molecule has 1 saturated carbocycles. The van der Waals surface area contributed by atoms with Crippen LogP contribution < -0.4 is 10.5 Å². The van der Waals surface area contributed by atoms with Gasteiger partial charge in [-0.25, -0.2) is 0 Å². The molecular weight excluding hydrogens is 448 g/mol. The van der Waals surface area contributed by atoms with Crippen LogP contribution in [0, 0.1) is 5.92 Å². The SMILES string of the molecule is NC(=O)[C@H]1[C@@H](O)[C@@]2(O)c3ncccc3O[C@@]2(c2ccc(Br)cc2)[C@@H]1c1ccccc1. The van der Waals surface area contributed by atoms with Gasteiger partial charge in [-0.2, -0.15) is 0 Å². The minimum Gasteiger partial charge on any atom is -0.476 e. The van der Waals surface area contributed by atoms with Gasteiger partial charge in [0.05, 0.1) is 5.92 Å².